The van der Waals surface area contributed by atoms with Crippen LogP contribution in [0.3, 0.4) is 0 Å². The van der Waals surface area contributed by atoms with Crippen molar-refractivity contribution in [3.63, 3.8) is 0 Å². The van der Waals surface area contributed by atoms with Crippen LogP contribution in [-0.2, 0) is 19.3 Å². The van der Waals surface area contributed by atoms with Gasteiger partial charge in [-0.1, -0.05) is 346 Å². The SMILES string of the molecule is C.C.C.CCc1ccc2c3ccccc3c3ccccc3c2n1.CCc1ccc2c3ccccc3c3ccccc3c2n1.CCc1ncc2c3ccccc3c3ccccc3c2n1.Cc1cc2c3ccccc3c3ccccc3c2cn1.Cc1cc2c3ccccc3c3ccccc3c2cn1.Cc1cnc2c3ccccc3c3ccccc3c2n1. The first kappa shape index (κ1) is 79.2. The fourth-order valence-electron chi connectivity index (χ4n) is 17.4. The zero-order valence-corrected chi connectivity index (χ0v) is 66.2. The van der Waals surface area contributed by atoms with Crippen LogP contribution < -0.4 is 0 Å². The molecule has 8 heteroatoms. The summed E-state index contributed by atoms with van der Waals surface area (Å²) >= 11 is 0. The van der Waals surface area contributed by atoms with Crippen LogP contribution in [0.15, 0.2) is 352 Å². The Balaban J connectivity index is 0.000000107. The molecule has 8 nitrogen and oxygen atoms in total. The number of hydrogen-bond acceptors (Lipinski definition) is 8. The summed E-state index contributed by atoms with van der Waals surface area (Å²) < 4.78 is 0. The van der Waals surface area contributed by atoms with Crippen LogP contribution in [0.2, 0.25) is 0 Å². The summed E-state index contributed by atoms with van der Waals surface area (Å²) in [6.07, 6.45) is 10.6. The molecule has 6 aromatic heterocycles. The van der Waals surface area contributed by atoms with Gasteiger partial charge in [0.15, 0.2) is 0 Å². The van der Waals surface area contributed by atoms with Gasteiger partial charge in [-0.15, -0.1) is 0 Å². The lowest BCUT2D eigenvalue weighted by Crippen LogP contribution is -1.94. The molecule has 6 heterocycles. The molecule has 0 N–H and O–H groups in total. The molecule has 0 aliphatic heterocycles. The van der Waals surface area contributed by atoms with Crippen LogP contribution in [0, 0.1) is 20.8 Å². The quantitative estimate of drug-likeness (QED) is 0.161. The average molecular weight is 1550 g/mol. The van der Waals surface area contributed by atoms with E-state index in [0.29, 0.717) is 0 Å². The summed E-state index contributed by atoms with van der Waals surface area (Å²) in [4.78, 5) is 37.2. The van der Waals surface area contributed by atoms with Crippen LogP contribution in [0.1, 0.15) is 77.3 Å². The molecule has 0 radical (unpaired) electrons. The van der Waals surface area contributed by atoms with Gasteiger partial charge in [-0.05, 0) is 171 Å². The zero-order chi connectivity index (χ0) is 79.0. The summed E-state index contributed by atoms with van der Waals surface area (Å²) in [7, 11) is 0. The van der Waals surface area contributed by atoms with Crippen LogP contribution >= 0.6 is 0 Å². The predicted octanol–water partition coefficient (Wildman–Crippen LogP) is 30.6. The van der Waals surface area contributed by atoms with Crippen LogP contribution in [0.25, 0.3) is 195 Å². The molecule has 0 bridgehead atoms. The van der Waals surface area contributed by atoms with Gasteiger partial charge in [-0.25, -0.2) is 15.0 Å². The molecule has 0 unspecified atom stereocenters. The molecule has 24 rings (SSSR count). The maximum Gasteiger partial charge on any atom is 0.128 e. The molecule has 0 fully saturated rings. The summed E-state index contributed by atoms with van der Waals surface area (Å²) in [6, 6.07) is 116. The smallest absolute Gasteiger partial charge is 0.128 e. The lowest BCUT2D eigenvalue weighted by molar-refractivity contribution is 0.963. The van der Waals surface area contributed by atoms with Gasteiger partial charge in [0.05, 0.1) is 33.3 Å². The van der Waals surface area contributed by atoms with Gasteiger partial charge in [0, 0.05) is 108 Å². The first-order chi connectivity index (χ1) is 57.7. The number of rotatable bonds is 3. The van der Waals surface area contributed by atoms with Crippen molar-refractivity contribution in [2.45, 2.75) is 83.1 Å². The summed E-state index contributed by atoms with van der Waals surface area (Å²) in [6.45, 7) is 12.5. The van der Waals surface area contributed by atoms with Gasteiger partial charge in [-0.2, -0.15) is 0 Å². The third kappa shape index (κ3) is 14.5. The summed E-state index contributed by atoms with van der Waals surface area (Å²) in [5, 5.41) is 39.1. The lowest BCUT2D eigenvalue weighted by Gasteiger charge is -2.10. The van der Waals surface area contributed by atoms with E-state index in [1.54, 1.807) is 0 Å². The largest absolute Gasteiger partial charge is 0.261 e. The number of aromatic nitrogens is 8. The van der Waals surface area contributed by atoms with E-state index in [0.717, 1.165) is 86.5 Å². The Bertz CT molecular complexity index is 7070. The molecular weight excluding hydrogens is 1460 g/mol. The maximum absolute atomic E-state index is 4.87. The number of nitrogens with zero attached hydrogens (tertiary/aromatic N) is 8. The molecular formula is C112H94N8. The Morgan fingerprint density at radius 1 is 0.167 bits per heavy atom. The lowest BCUT2D eigenvalue weighted by atomic mass is 9.95. The van der Waals surface area contributed by atoms with E-state index in [4.69, 9.17) is 19.9 Å². The maximum atomic E-state index is 4.87. The Kier molecular flexibility index (Phi) is 22.7. The predicted molar refractivity (Wildman–Crippen MR) is 519 cm³/mol. The second-order valence-corrected chi connectivity index (χ2v) is 30.0. The van der Waals surface area contributed by atoms with Gasteiger partial charge >= 0.3 is 0 Å². The van der Waals surface area contributed by atoms with Crippen LogP contribution in [0.5, 0.6) is 0 Å². The van der Waals surface area contributed by atoms with Crippen molar-refractivity contribution >= 4 is 195 Å². The molecule has 0 saturated heterocycles. The Morgan fingerprint density at radius 3 is 0.683 bits per heavy atom. The molecule has 0 aliphatic rings. The van der Waals surface area contributed by atoms with Gasteiger partial charge in [0.25, 0.3) is 0 Å². The minimum absolute atomic E-state index is 0. The minimum atomic E-state index is 0. The molecule has 18 aromatic carbocycles. The minimum Gasteiger partial charge on any atom is -0.261 e. The van der Waals surface area contributed by atoms with Crippen molar-refractivity contribution in [3.8, 4) is 0 Å². The van der Waals surface area contributed by atoms with Gasteiger partial charge in [0.2, 0.25) is 0 Å². The zero-order valence-electron chi connectivity index (χ0n) is 66.2. The highest BCUT2D eigenvalue weighted by atomic mass is 14.9. The second-order valence-electron chi connectivity index (χ2n) is 30.0. The normalized spacial score (nSPS) is 11.2. The topological polar surface area (TPSA) is 103 Å². The molecule has 0 spiro atoms. The van der Waals surface area contributed by atoms with E-state index in [1.165, 1.54) is 162 Å². The fourth-order valence-corrected chi connectivity index (χ4v) is 17.4. The molecule has 0 aliphatic carbocycles. The van der Waals surface area contributed by atoms with Gasteiger partial charge < -0.3 is 0 Å². The highest BCUT2D eigenvalue weighted by Gasteiger charge is 2.17. The second kappa shape index (κ2) is 34.3. The molecule has 120 heavy (non-hydrogen) atoms. The molecule has 0 atom stereocenters. The number of aryl methyl sites for hydroxylation is 6. The first-order valence-corrected chi connectivity index (χ1v) is 40.5. The number of pyridine rings is 4. The van der Waals surface area contributed by atoms with Crippen molar-refractivity contribution in [2.24, 2.45) is 0 Å². The number of hydrogen-bond donors (Lipinski definition) is 0. The van der Waals surface area contributed by atoms with Crippen LogP contribution in [0.4, 0.5) is 0 Å². The molecule has 0 saturated carbocycles. The fraction of sp³-hybridized carbons (Fsp3) is 0.107. The Morgan fingerprint density at radius 2 is 0.392 bits per heavy atom. The van der Waals surface area contributed by atoms with E-state index in [1.807, 2.05) is 45.6 Å². The van der Waals surface area contributed by atoms with Crippen molar-refractivity contribution in [3.05, 3.63) is 387 Å². The van der Waals surface area contributed by atoms with Crippen molar-refractivity contribution in [2.75, 3.05) is 0 Å². The van der Waals surface area contributed by atoms with E-state index in [-0.39, 0.29) is 22.3 Å². The molecule has 24 aromatic rings. The first-order valence-electron chi connectivity index (χ1n) is 40.5. The third-order valence-electron chi connectivity index (χ3n) is 22.9. The third-order valence-corrected chi connectivity index (χ3v) is 22.9. The number of fused-ring (bicyclic) bond motifs is 36. The molecule has 582 valence electrons. The van der Waals surface area contributed by atoms with E-state index < -0.39 is 0 Å². The highest BCUT2D eigenvalue weighted by Crippen LogP contribution is 2.41. The van der Waals surface area contributed by atoms with E-state index >= 15 is 0 Å². The number of benzene rings is 18. The highest BCUT2D eigenvalue weighted by molar-refractivity contribution is 6.29. The van der Waals surface area contributed by atoms with Crippen LogP contribution in [-0.4, -0.2) is 39.9 Å². The van der Waals surface area contributed by atoms with Gasteiger partial charge in [0.1, 0.15) is 5.82 Å². The van der Waals surface area contributed by atoms with E-state index in [2.05, 4.69) is 368 Å². The van der Waals surface area contributed by atoms with Crippen molar-refractivity contribution in [1.29, 1.82) is 0 Å². The Hall–Kier alpha value is -14.6. The monoisotopic (exact) mass is 1550 g/mol. The standard InChI is InChI=1S/2C19H15N.C18H14N2.2C18H13N.C17H12N2.3CH4/c2*1-2-13-11-12-18-16-9-4-3-7-14(16)15-8-5-6-10-17(15)19(18)20-13;1-2-17-19-11-16-14-9-4-3-7-12(14)13-8-5-6-10-15(13)18(16)20-17;2*1-12-10-17-15-8-4-2-6-13(15)14-7-3-5-9-16(14)18(17)11-19-12;1-11-10-18-16-14-8-4-2-6-12(14)13-7-3-5-9-15(13)17(16)19-11;;;/h2*3-12H,2H2,1H3;3-11H,2H2,1H3;2*2-11H,1H3;2-10H,1H3;3*1H4. The van der Waals surface area contributed by atoms with Crippen molar-refractivity contribution in [1.82, 2.24) is 39.9 Å². The Labute approximate surface area is 699 Å². The molecule has 0 amide bonds. The summed E-state index contributed by atoms with van der Waals surface area (Å²) in [5.41, 5.74) is 10.7. The van der Waals surface area contributed by atoms with Crippen molar-refractivity contribution < 1.29 is 0 Å². The average Bonchev–Trinajstić information content (AvgIpc) is 0.792. The van der Waals surface area contributed by atoms with Gasteiger partial charge in [-0.3, -0.25) is 24.9 Å². The summed E-state index contributed by atoms with van der Waals surface area (Å²) in [5.74, 6) is 0.901. The van der Waals surface area contributed by atoms with E-state index in [9.17, 15) is 0 Å².